The number of anilines is 1. The van der Waals surface area contributed by atoms with Gasteiger partial charge in [0.1, 0.15) is 12.1 Å². The van der Waals surface area contributed by atoms with E-state index in [9.17, 15) is 0 Å². The molecule has 2 aromatic rings. The van der Waals surface area contributed by atoms with Crippen molar-refractivity contribution in [3.05, 3.63) is 48.3 Å². The molecule has 2 unspecified atom stereocenters. The smallest absolute Gasteiger partial charge is 0.218 e. The predicted octanol–water partition coefficient (Wildman–Crippen LogP) is 2.95. The topological polar surface area (TPSA) is 50.3 Å². The summed E-state index contributed by atoms with van der Waals surface area (Å²) in [5.74, 6) is 1.46. The fourth-order valence-electron chi connectivity index (χ4n) is 3.10. The zero-order valence-electron chi connectivity index (χ0n) is 13.8. The van der Waals surface area contributed by atoms with E-state index < -0.39 is 0 Å². The summed E-state index contributed by atoms with van der Waals surface area (Å²) in [6.45, 7) is 6.87. The number of nitrogens with one attached hydrogen (secondary N) is 1. The molecule has 3 rings (SSSR count). The summed E-state index contributed by atoms with van der Waals surface area (Å²) in [4.78, 5) is 10.9. The molecule has 122 valence electrons. The Morgan fingerprint density at radius 3 is 2.87 bits per heavy atom. The van der Waals surface area contributed by atoms with Gasteiger partial charge in [-0.25, -0.2) is 9.97 Å². The number of hydrogen-bond acceptors (Lipinski definition) is 5. The van der Waals surface area contributed by atoms with Gasteiger partial charge in [0, 0.05) is 31.2 Å². The minimum atomic E-state index is 0.401. The number of aromatic nitrogens is 2. The first-order chi connectivity index (χ1) is 11.2. The van der Waals surface area contributed by atoms with Gasteiger partial charge < -0.3 is 10.1 Å². The van der Waals surface area contributed by atoms with Gasteiger partial charge in [0.05, 0.1) is 6.61 Å². The molecule has 1 aromatic heterocycles. The van der Waals surface area contributed by atoms with E-state index in [1.807, 2.05) is 13.0 Å². The third kappa shape index (κ3) is 4.20. The average Bonchev–Trinajstić information content (AvgIpc) is 2.88. The van der Waals surface area contributed by atoms with Crippen LogP contribution in [0.5, 0.6) is 5.88 Å². The minimum absolute atomic E-state index is 0.401. The SMILES string of the molecule is CCOc1cc(NC2CC(C)N(Cc3ccccc3)C2)ncn1. The molecule has 1 N–H and O–H groups in total. The Kier molecular flexibility index (Phi) is 5.08. The van der Waals surface area contributed by atoms with Gasteiger partial charge >= 0.3 is 0 Å². The second-order valence-electron chi connectivity index (χ2n) is 6.02. The predicted molar refractivity (Wildman–Crippen MR) is 91.5 cm³/mol. The largest absolute Gasteiger partial charge is 0.478 e. The maximum absolute atomic E-state index is 5.43. The highest BCUT2D eigenvalue weighted by molar-refractivity contribution is 5.38. The molecule has 0 saturated carbocycles. The van der Waals surface area contributed by atoms with Gasteiger partial charge in [-0.15, -0.1) is 0 Å². The molecular weight excluding hydrogens is 288 g/mol. The fraction of sp³-hybridized carbons (Fsp3) is 0.444. The van der Waals surface area contributed by atoms with Crippen LogP contribution < -0.4 is 10.1 Å². The molecule has 0 spiro atoms. The van der Waals surface area contributed by atoms with Crippen molar-refractivity contribution in [3.8, 4) is 5.88 Å². The van der Waals surface area contributed by atoms with E-state index in [-0.39, 0.29) is 0 Å². The minimum Gasteiger partial charge on any atom is -0.478 e. The van der Waals surface area contributed by atoms with Crippen molar-refractivity contribution in [2.75, 3.05) is 18.5 Å². The lowest BCUT2D eigenvalue weighted by Crippen LogP contribution is -2.28. The summed E-state index contributed by atoms with van der Waals surface area (Å²) in [7, 11) is 0. The lowest BCUT2D eigenvalue weighted by molar-refractivity contribution is 0.259. The second-order valence-corrected chi connectivity index (χ2v) is 6.02. The molecule has 1 aromatic carbocycles. The van der Waals surface area contributed by atoms with Gasteiger partial charge in [-0.2, -0.15) is 0 Å². The lowest BCUT2D eigenvalue weighted by atomic mass is 10.2. The Balaban J connectivity index is 1.59. The molecule has 1 aliphatic rings. The van der Waals surface area contributed by atoms with Gasteiger partial charge in [-0.05, 0) is 25.8 Å². The van der Waals surface area contributed by atoms with Crippen LogP contribution in [0.1, 0.15) is 25.8 Å². The number of ether oxygens (including phenoxy) is 1. The molecular formula is C18H24N4O. The summed E-state index contributed by atoms with van der Waals surface area (Å²) in [5.41, 5.74) is 1.36. The maximum atomic E-state index is 5.43. The fourth-order valence-corrected chi connectivity index (χ4v) is 3.10. The van der Waals surface area contributed by atoms with Crippen LogP contribution in [-0.2, 0) is 6.54 Å². The first-order valence-corrected chi connectivity index (χ1v) is 8.24. The molecule has 0 bridgehead atoms. The van der Waals surface area contributed by atoms with E-state index in [1.54, 1.807) is 6.33 Å². The van der Waals surface area contributed by atoms with E-state index in [2.05, 4.69) is 57.4 Å². The number of benzene rings is 1. The second kappa shape index (κ2) is 7.42. The van der Waals surface area contributed by atoms with Crippen LogP contribution in [0.25, 0.3) is 0 Å². The van der Waals surface area contributed by atoms with Crippen LogP contribution in [-0.4, -0.2) is 40.1 Å². The number of rotatable bonds is 6. The summed E-state index contributed by atoms with van der Waals surface area (Å²) < 4.78 is 5.43. The molecule has 5 heteroatoms. The summed E-state index contributed by atoms with van der Waals surface area (Å²) in [6, 6.07) is 13.5. The van der Waals surface area contributed by atoms with Crippen molar-refractivity contribution in [1.82, 2.24) is 14.9 Å². The van der Waals surface area contributed by atoms with Crippen LogP contribution in [0.4, 0.5) is 5.82 Å². The van der Waals surface area contributed by atoms with Gasteiger partial charge in [0.2, 0.25) is 5.88 Å². The van der Waals surface area contributed by atoms with Crippen LogP contribution in [0.3, 0.4) is 0 Å². The standard InChI is InChI=1S/C18H24N4O/c1-3-23-18-10-17(19-13-20-18)21-16-9-14(2)22(12-16)11-15-7-5-4-6-8-15/h4-8,10,13-14,16H,3,9,11-12H2,1-2H3,(H,19,20,21). The van der Waals surface area contributed by atoms with E-state index >= 15 is 0 Å². The number of likely N-dealkylation sites (tertiary alicyclic amines) is 1. The van der Waals surface area contributed by atoms with Gasteiger partial charge in [0.25, 0.3) is 0 Å². The van der Waals surface area contributed by atoms with Crippen molar-refractivity contribution in [2.24, 2.45) is 0 Å². The normalized spacial score (nSPS) is 21.3. The molecule has 2 heterocycles. The van der Waals surface area contributed by atoms with Crippen molar-refractivity contribution < 1.29 is 4.74 Å². The summed E-state index contributed by atoms with van der Waals surface area (Å²) >= 11 is 0. The average molecular weight is 312 g/mol. The van der Waals surface area contributed by atoms with Crippen LogP contribution in [0, 0.1) is 0 Å². The van der Waals surface area contributed by atoms with Crippen molar-refractivity contribution in [2.45, 2.75) is 38.9 Å². The first kappa shape index (κ1) is 15.7. The Hall–Kier alpha value is -2.14. The molecule has 0 amide bonds. The Bertz CT molecular complexity index is 619. The van der Waals surface area contributed by atoms with Crippen LogP contribution in [0.2, 0.25) is 0 Å². The van der Waals surface area contributed by atoms with E-state index in [1.165, 1.54) is 5.56 Å². The van der Waals surface area contributed by atoms with Crippen molar-refractivity contribution in [1.29, 1.82) is 0 Å². The molecule has 1 aliphatic heterocycles. The molecule has 5 nitrogen and oxygen atoms in total. The number of nitrogens with zero attached hydrogens (tertiary/aromatic N) is 3. The zero-order chi connectivity index (χ0) is 16.1. The van der Waals surface area contributed by atoms with Gasteiger partial charge in [-0.3, -0.25) is 4.90 Å². The third-order valence-corrected chi connectivity index (χ3v) is 4.22. The van der Waals surface area contributed by atoms with Crippen LogP contribution in [0.15, 0.2) is 42.7 Å². The van der Waals surface area contributed by atoms with Gasteiger partial charge in [0.15, 0.2) is 0 Å². The maximum Gasteiger partial charge on any atom is 0.218 e. The highest BCUT2D eigenvalue weighted by Gasteiger charge is 2.29. The molecule has 23 heavy (non-hydrogen) atoms. The van der Waals surface area contributed by atoms with E-state index in [4.69, 9.17) is 4.74 Å². The molecule has 2 atom stereocenters. The summed E-state index contributed by atoms with van der Waals surface area (Å²) in [5, 5.41) is 3.51. The quantitative estimate of drug-likeness (QED) is 0.889. The highest BCUT2D eigenvalue weighted by atomic mass is 16.5. The van der Waals surface area contributed by atoms with Crippen molar-refractivity contribution >= 4 is 5.82 Å². The third-order valence-electron chi connectivity index (χ3n) is 4.22. The van der Waals surface area contributed by atoms with E-state index in [0.29, 0.717) is 24.6 Å². The van der Waals surface area contributed by atoms with E-state index in [0.717, 1.165) is 25.3 Å². The molecule has 0 radical (unpaired) electrons. The van der Waals surface area contributed by atoms with Crippen molar-refractivity contribution in [3.63, 3.8) is 0 Å². The van der Waals surface area contributed by atoms with Crippen LogP contribution >= 0.6 is 0 Å². The monoisotopic (exact) mass is 312 g/mol. The Morgan fingerprint density at radius 1 is 1.26 bits per heavy atom. The molecule has 1 saturated heterocycles. The Morgan fingerprint density at radius 2 is 2.09 bits per heavy atom. The zero-order valence-corrected chi connectivity index (χ0v) is 13.8. The molecule has 0 aliphatic carbocycles. The lowest BCUT2D eigenvalue weighted by Gasteiger charge is -2.20. The number of hydrogen-bond donors (Lipinski definition) is 1. The van der Waals surface area contributed by atoms with Gasteiger partial charge in [-0.1, -0.05) is 30.3 Å². The highest BCUT2D eigenvalue weighted by Crippen LogP contribution is 2.23. The Labute approximate surface area is 137 Å². The first-order valence-electron chi connectivity index (χ1n) is 8.24. The summed E-state index contributed by atoms with van der Waals surface area (Å²) in [6.07, 6.45) is 2.66. The molecule has 1 fully saturated rings.